The molecule has 4 heteroatoms. The van der Waals surface area contributed by atoms with Gasteiger partial charge in [0.2, 0.25) is 0 Å². The zero-order valence-corrected chi connectivity index (χ0v) is 13.4. The molecule has 0 heterocycles. The van der Waals surface area contributed by atoms with Crippen LogP contribution in [0.3, 0.4) is 0 Å². The molecule has 0 amide bonds. The molecule has 0 aliphatic heterocycles. The van der Waals surface area contributed by atoms with Gasteiger partial charge in [-0.25, -0.2) is 0 Å². The van der Waals surface area contributed by atoms with Gasteiger partial charge in [-0.3, -0.25) is 0 Å². The first kappa shape index (κ1) is 16.0. The van der Waals surface area contributed by atoms with E-state index in [-0.39, 0.29) is 6.04 Å². The van der Waals surface area contributed by atoms with Crippen molar-refractivity contribution in [2.45, 2.75) is 32.7 Å². The van der Waals surface area contributed by atoms with Crippen LogP contribution in [-0.4, -0.2) is 19.8 Å². The van der Waals surface area contributed by atoms with Crippen molar-refractivity contribution in [3.8, 4) is 0 Å². The lowest BCUT2D eigenvalue weighted by Gasteiger charge is -2.19. The maximum Gasteiger partial charge on any atom is 0.0661 e. The summed E-state index contributed by atoms with van der Waals surface area (Å²) in [6.07, 6.45) is 2.14. The van der Waals surface area contributed by atoms with Gasteiger partial charge in [-0.2, -0.15) is 0 Å². The number of hydrogen-bond acceptors (Lipinski definition) is 2. The number of benzene rings is 1. The Bertz CT molecular complexity index is 339. The van der Waals surface area contributed by atoms with E-state index in [9.17, 15) is 0 Å². The number of nitrogens with one attached hydrogen (secondary N) is 1. The molecule has 1 atom stereocenters. The van der Waals surface area contributed by atoms with Crippen LogP contribution in [-0.2, 0) is 4.74 Å². The summed E-state index contributed by atoms with van der Waals surface area (Å²) >= 11 is 9.57. The van der Waals surface area contributed by atoms with Crippen LogP contribution < -0.4 is 5.32 Å². The van der Waals surface area contributed by atoms with Crippen molar-refractivity contribution in [1.29, 1.82) is 0 Å². The molecule has 1 unspecified atom stereocenters. The van der Waals surface area contributed by atoms with Crippen molar-refractivity contribution in [2.24, 2.45) is 0 Å². The SMILES string of the molecule is CCCNC(COCCC)c1cc(Cl)cc(Br)c1. The largest absolute Gasteiger partial charge is 0.379 e. The molecule has 0 saturated carbocycles. The van der Waals surface area contributed by atoms with Crippen LogP contribution in [0.2, 0.25) is 5.02 Å². The summed E-state index contributed by atoms with van der Waals surface area (Å²) in [7, 11) is 0. The lowest BCUT2D eigenvalue weighted by atomic mass is 10.1. The van der Waals surface area contributed by atoms with E-state index in [1.54, 1.807) is 0 Å². The van der Waals surface area contributed by atoms with Crippen LogP contribution in [0.4, 0.5) is 0 Å². The molecule has 0 saturated heterocycles. The Morgan fingerprint density at radius 2 is 2.06 bits per heavy atom. The van der Waals surface area contributed by atoms with Gasteiger partial charge in [0.05, 0.1) is 12.6 Å². The minimum Gasteiger partial charge on any atom is -0.379 e. The summed E-state index contributed by atoms with van der Waals surface area (Å²) in [5.41, 5.74) is 1.17. The van der Waals surface area contributed by atoms with Crippen LogP contribution in [0.25, 0.3) is 0 Å². The minimum absolute atomic E-state index is 0.200. The summed E-state index contributed by atoms with van der Waals surface area (Å²) in [6.45, 7) is 6.73. The van der Waals surface area contributed by atoms with Crippen LogP contribution in [0.5, 0.6) is 0 Å². The van der Waals surface area contributed by atoms with Crippen molar-refractivity contribution >= 4 is 27.5 Å². The number of rotatable bonds is 8. The average molecular weight is 335 g/mol. The Morgan fingerprint density at radius 3 is 2.67 bits per heavy atom. The summed E-state index contributed by atoms with van der Waals surface area (Å²) in [5, 5.41) is 4.24. The summed E-state index contributed by atoms with van der Waals surface area (Å²) in [6, 6.07) is 6.18. The van der Waals surface area contributed by atoms with Gasteiger partial charge >= 0.3 is 0 Å². The molecule has 1 rings (SSSR count). The van der Waals surface area contributed by atoms with Gasteiger partial charge in [-0.05, 0) is 43.1 Å². The molecule has 1 aromatic rings. The zero-order valence-electron chi connectivity index (χ0n) is 11.0. The van der Waals surface area contributed by atoms with E-state index in [1.165, 1.54) is 5.56 Å². The van der Waals surface area contributed by atoms with Crippen molar-refractivity contribution in [3.05, 3.63) is 33.3 Å². The first-order valence-corrected chi connectivity index (χ1v) is 7.61. The predicted octanol–water partition coefficient (Wildman–Crippen LogP) is 4.57. The molecule has 0 aromatic heterocycles. The van der Waals surface area contributed by atoms with E-state index >= 15 is 0 Å². The maximum atomic E-state index is 6.09. The molecule has 0 spiro atoms. The van der Waals surface area contributed by atoms with Gasteiger partial charge in [-0.15, -0.1) is 0 Å². The van der Waals surface area contributed by atoms with Gasteiger partial charge in [-0.1, -0.05) is 41.4 Å². The molecule has 1 N–H and O–H groups in total. The third-order valence-corrected chi connectivity index (χ3v) is 3.24. The second-order valence-electron chi connectivity index (χ2n) is 4.28. The summed E-state index contributed by atoms with van der Waals surface area (Å²) < 4.78 is 6.66. The first-order chi connectivity index (χ1) is 8.67. The molecule has 18 heavy (non-hydrogen) atoms. The number of hydrogen-bond donors (Lipinski definition) is 1. The summed E-state index contributed by atoms with van der Waals surface area (Å²) in [4.78, 5) is 0. The lowest BCUT2D eigenvalue weighted by molar-refractivity contribution is 0.112. The Kier molecular flexibility index (Phi) is 7.91. The van der Waals surface area contributed by atoms with E-state index < -0.39 is 0 Å². The molecule has 0 fully saturated rings. The van der Waals surface area contributed by atoms with Gasteiger partial charge in [0.1, 0.15) is 0 Å². The highest BCUT2D eigenvalue weighted by Crippen LogP contribution is 2.24. The molecular weight excluding hydrogens is 314 g/mol. The standard InChI is InChI=1S/C14H21BrClNO/c1-3-5-17-14(10-18-6-4-2)11-7-12(15)9-13(16)8-11/h7-9,14,17H,3-6,10H2,1-2H3. The monoisotopic (exact) mass is 333 g/mol. The predicted molar refractivity (Wildman–Crippen MR) is 81.3 cm³/mol. The smallest absolute Gasteiger partial charge is 0.0661 e. The third-order valence-electron chi connectivity index (χ3n) is 2.56. The third kappa shape index (κ3) is 5.70. The van der Waals surface area contributed by atoms with E-state index in [0.29, 0.717) is 6.61 Å². The fraction of sp³-hybridized carbons (Fsp3) is 0.571. The van der Waals surface area contributed by atoms with Crippen LogP contribution >= 0.6 is 27.5 Å². The minimum atomic E-state index is 0.200. The van der Waals surface area contributed by atoms with Crippen LogP contribution in [0.1, 0.15) is 38.3 Å². The van der Waals surface area contributed by atoms with Crippen LogP contribution in [0, 0.1) is 0 Å². The van der Waals surface area contributed by atoms with E-state index in [1.807, 2.05) is 12.1 Å². The fourth-order valence-electron chi connectivity index (χ4n) is 1.71. The lowest BCUT2D eigenvalue weighted by Crippen LogP contribution is -2.26. The Hall–Kier alpha value is -0.0900. The zero-order chi connectivity index (χ0) is 13.4. The van der Waals surface area contributed by atoms with E-state index in [0.717, 1.165) is 35.5 Å². The van der Waals surface area contributed by atoms with Gasteiger partial charge in [0.15, 0.2) is 0 Å². The van der Waals surface area contributed by atoms with Crippen molar-refractivity contribution < 1.29 is 4.74 Å². The Balaban J connectivity index is 2.72. The molecule has 1 aromatic carbocycles. The highest BCUT2D eigenvalue weighted by atomic mass is 79.9. The van der Waals surface area contributed by atoms with E-state index in [2.05, 4.69) is 41.2 Å². The second-order valence-corrected chi connectivity index (χ2v) is 5.64. The molecule has 2 nitrogen and oxygen atoms in total. The molecular formula is C14H21BrClNO. The second kappa shape index (κ2) is 8.92. The maximum absolute atomic E-state index is 6.09. The number of ether oxygens (including phenoxy) is 1. The quantitative estimate of drug-likeness (QED) is 0.703. The van der Waals surface area contributed by atoms with Gasteiger partial charge in [0.25, 0.3) is 0 Å². The average Bonchev–Trinajstić information content (AvgIpc) is 2.32. The molecule has 0 aliphatic rings. The number of halogens is 2. The summed E-state index contributed by atoms with van der Waals surface area (Å²) in [5.74, 6) is 0. The Morgan fingerprint density at radius 1 is 1.28 bits per heavy atom. The topological polar surface area (TPSA) is 21.3 Å². The molecule has 0 aliphatic carbocycles. The van der Waals surface area contributed by atoms with Crippen LogP contribution in [0.15, 0.2) is 22.7 Å². The van der Waals surface area contributed by atoms with Crippen molar-refractivity contribution in [2.75, 3.05) is 19.8 Å². The normalized spacial score (nSPS) is 12.7. The van der Waals surface area contributed by atoms with Crippen molar-refractivity contribution in [1.82, 2.24) is 5.32 Å². The first-order valence-electron chi connectivity index (χ1n) is 6.44. The highest BCUT2D eigenvalue weighted by molar-refractivity contribution is 9.10. The molecule has 102 valence electrons. The molecule has 0 radical (unpaired) electrons. The van der Waals surface area contributed by atoms with Gasteiger partial charge < -0.3 is 10.1 Å². The van der Waals surface area contributed by atoms with E-state index in [4.69, 9.17) is 16.3 Å². The molecule has 0 bridgehead atoms. The highest BCUT2D eigenvalue weighted by Gasteiger charge is 2.12. The fourth-order valence-corrected chi connectivity index (χ4v) is 2.60. The Labute approximate surface area is 123 Å². The van der Waals surface area contributed by atoms with Gasteiger partial charge in [0, 0.05) is 16.1 Å². The van der Waals surface area contributed by atoms with Crippen molar-refractivity contribution in [3.63, 3.8) is 0 Å².